The third kappa shape index (κ3) is 3.52. The van der Waals surface area contributed by atoms with Crippen LogP contribution in [-0.2, 0) is 6.18 Å². The van der Waals surface area contributed by atoms with E-state index in [1.165, 1.54) is 13.0 Å². The zero-order valence-corrected chi connectivity index (χ0v) is 12.4. The first kappa shape index (κ1) is 15.5. The standard InChI is InChI=1S/C17H15F3N2O/c1-10-14(8-9-15(21-10)17(18,19)20)11-2-4-12(5-3-11)16(23)22-13-6-7-13/h2-5,8-9,13H,6-7H2,1H3,(H,22,23). The molecular weight excluding hydrogens is 305 g/mol. The fourth-order valence-corrected chi connectivity index (χ4v) is 2.32. The second kappa shape index (κ2) is 5.68. The Hall–Kier alpha value is -2.37. The van der Waals surface area contributed by atoms with Crippen LogP contribution in [0.1, 0.15) is 34.6 Å². The van der Waals surface area contributed by atoms with Crippen LogP contribution in [0.5, 0.6) is 0 Å². The molecule has 1 N–H and O–H groups in total. The van der Waals surface area contributed by atoms with Gasteiger partial charge in [0.25, 0.3) is 5.91 Å². The van der Waals surface area contributed by atoms with Crippen molar-refractivity contribution in [1.82, 2.24) is 10.3 Å². The van der Waals surface area contributed by atoms with Gasteiger partial charge in [0, 0.05) is 22.9 Å². The molecule has 1 aliphatic rings. The molecular formula is C17H15F3N2O. The van der Waals surface area contributed by atoms with Crippen molar-refractivity contribution in [3.8, 4) is 11.1 Å². The Morgan fingerprint density at radius 3 is 2.30 bits per heavy atom. The Balaban J connectivity index is 1.82. The fraction of sp³-hybridized carbons (Fsp3) is 0.294. The molecule has 1 aromatic carbocycles. The summed E-state index contributed by atoms with van der Waals surface area (Å²) in [5.74, 6) is -0.124. The Bertz CT molecular complexity index is 734. The normalized spacial score (nSPS) is 14.6. The van der Waals surface area contributed by atoms with Gasteiger partial charge in [0.15, 0.2) is 0 Å². The number of nitrogens with one attached hydrogen (secondary N) is 1. The number of aromatic nitrogens is 1. The van der Waals surface area contributed by atoms with Gasteiger partial charge in [-0.25, -0.2) is 4.98 Å². The molecule has 0 atom stereocenters. The number of hydrogen-bond donors (Lipinski definition) is 1. The Morgan fingerprint density at radius 1 is 1.13 bits per heavy atom. The topological polar surface area (TPSA) is 42.0 Å². The highest BCUT2D eigenvalue weighted by atomic mass is 19.4. The molecule has 0 aliphatic heterocycles. The monoisotopic (exact) mass is 320 g/mol. The maximum absolute atomic E-state index is 12.6. The highest BCUT2D eigenvalue weighted by molar-refractivity contribution is 5.95. The molecule has 120 valence electrons. The molecule has 0 spiro atoms. The van der Waals surface area contributed by atoms with Gasteiger partial charge in [0.05, 0.1) is 0 Å². The van der Waals surface area contributed by atoms with Crippen molar-refractivity contribution in [3.63, 3.8) is 0 Å². The molecule has 1 fully saturated rings. The minimum atomic E-state index is -4.45. The summed E-state index contributed by atoms with van der Waals surface area (Å²) in [4.78, 5) is 15.5. The fourth-order valence-electron chi connectivity index (χ4n) is 2.32. The predicted octanol–water partition coefficient (Wildman–Crippen LogP) is 3.97. The Kier molecular flexibility index (Phi) is 3.83. The Labute approximate surface area is 131 Å². The van der Waals surface area contributed by atoms with Crippen molar-refractivity contribution in [2.45, 2.75) is 32.0 Å². The lowest BCUT2D eigenvalue weighted by Gasteiger charge is -2.11. The molecule has 6 heteroatoms. The maximum atomic E-state index is 12.6. The zero-order valence-electron chi connectivity index (χ0n) is 12.4. The highest BCUT2D eigenvalue weighted by Crippen LogP contribution is 2.31. The molecule has 23 heavy (non-hydrogen) atoms. The average Bonchev–Trinajstić information content (AvgIpc) is 3.30. The van der Waals surface area contributed by atoms with Crippen LogP contribution < -0.4 is 5.32 Å². The number of aryl methyl sites for hydroxylation is 1. The largest absolute Gasteiger partial charge is 0.433 e. The molecule has 0 unspecified atom stereocenters. The summed E-state index contributed by atoms with van der Waals surface area (Å²) < 4.78 is 37.9. The zero-order chi connectivity index (χ0) is 16.6. The van der Waals surface area contributed by atoms with E-state index in [1.807, 2.05) is 0 Å². The van der Waals surface area contributed by atoms with Gasteiger partial charge in [-0.2, -0.15) is 13.2 Å². The summed E-state index contributed by atoms with van der Waals surface area (Å²) in [7, 11) is 0. The van der Waals surface area contributed by atoms with Gasteiger partial charge in [-0.15, -0.1) is 0 Å². The van der Waals surface area contributed by atoms with Crippen molar-refractivity contribution >= 4 is 5.91 Å². The van der Waals surface area contributed by atoms with E-state index in [0.717, 1.165) is 24.5 Å². The van der Waals surface area contributed by atoms with Gasteiger partial charge in [-0.1, -0.05) is 18.2 Å². The highest BCUT2D eigenvalue weighted by Gasteiger charge is 2.32. The van der Waals surface area contributed by atoms with E-state index in [2.05, 4.69) is 10.3 Å². The second-order valence-electron chi connectivity index (χ2n) is 5.65. The lowest BCUT2D eigenvalue weighted by Crippen LogP contribution is -2.25. The van der Waals surface area contributed by atoms with Gasteiger partial charge in [-0.05, 0) is 43.5 Å². The molecule has 1 heterocycles. The third-order valence-electron chi connectivity index (χ3n) is 3.75. The van der Waals surface area contributed by atoms with E-state index in [0.29, 0.717) is 16.8 Å². The number of alkyl halides is 3. The van der Waals surface area contributed by atoms with Gasteiger partial charge in [0.1, 0.15) is 5.69 Å². The number of carbonyl (C=O) groups excluding carboxylic acids is 1. The molecule has 3 nitrogen and oxygen atoms in total. The summed E-state index contributed by atoms with van der Waals surface area (Å²) in [6.07, 6.45) is -2.42. The average molecular weight is 320 g/mol. The van der Waals surface area contributed by atoms with E-state index >= 15 is 0 Å². The molecule has 0 radical (unpaired) electrons. The van der Waals surface area contributed by atoms with Crippen molar-refractivity contribution in [3.05, 3.63) is 53.3 Å². The van der Waals surface area contributed by atoms with E-state index < -0.39 is 11.9 Å². The van der Waals surface area contributed by atoms with Crippen LogP contribution in [0.2, 0.25) is 0 Å². The lowest BCUT2D eigenvalue weighted by atomic mass is 10.0. The molecule has 2 aromatic rings. The first-order valence-corrected chi connectivity index (χ1v) is 7.31. The number of rotatable bonds is 3. The van der Waals surface area contributed by atoms with Crippen LogP contribution in [0.4, 0.5) is 13.2 Å². The van der Waals surface area contributed by atoms with Crippen molar-refractivity contribution in [1.29, 1.82) is 0 Å². The van der Waals surface area contributed by atoms with Gasteiger partial charge in [-0.3, -0.25) is 4.79 Å². The number of pyridine rings is 1. The number of hydrogen-bond acceptors (Lipinski definition) is 2. The Morgan fingerprint density at radius 2 is 1.78 bits per heavy atom. The van der Waals surface area contributed by atoms with Crippen LogP contribution in [0.15, 0.2) is 36.4 Å². The number of carbonyl (C=O) groups is 1. The summed E-state index contributed by atoms with van der Waals surface area (Å²) in [5.41, 5.74) is 1.28. The molecule has 1 amide bonds. The van der Waals surface area contributed by atoms with E-state index in [9.17, 15) is 18.0 Å². The van der Waals surface area contributed by atoms with Crippen LogP contribution in [0, 0.1) is 6.92 Å². The summed E-state index contributed by atoms with van der Waals surface area (Å²) in [6, 6.07) is 9.44. The second-order valence-corrected chi connectivity index (χ2v) is 5.65. The first-order chi connectivity index (χ1) is 10.8. The molecule has 1 aromatic heterocycles. The van der Waals surface area contributed by atoms with Crippen LogP contribution >= 0.6 is 0 Å². The van der Waals surface area contributed by atoms with E-state index in [1.54, 1.807) is 24.3 Å². The lowest BCUT2D eigenvalue weighted by molar-refractivity contribution is -0.141. The third-order valence-corrected chi connectivity index (χ3v) is 3.75. The molecule has 0 saturated heterocycles. The molecule has 0 bridgehead atoms. The minimum absolute atomic E-state index is 0.124. The van der Waals surface area contributed by atoms with E-state index in [-0.39, 0.29) is 11.9 Å². The van der Waals surface area contributed by atoms with Crippen molar-refractivity contribution in [2.75, 3.05) is 0 Å². The van der Waals surface area contributed by atoms with Crippen molar-refractivity contribution < 1.29 is 18.0 Å². The number of amides is 1. The number of halogens is 3. The molecule has 3 rings (SSSR count). The van der Waals surface area contributed by atoms with Gasteiger partial charge < -0.3 is 5.32 Å². The van der Waals surface area contributed by atoms with Gasteiger partial charge >= 0.3 is 6.18 Å². The van der Waals surface area contributed by atoms with E-state index in [4.69, 9.17) is 0 Å². The quantitative estimate of drug-likeness (QED) is 0.930. The summed E-state index contributed by atoms with van der Waals surface area (Å²) in [5, 5.41) is 2.89. The van der Waals surface area contributed by atoms with Gasteiger partial charge in [0.2, 0.25) is 0 Å². The molecule has 1 aliphatic carbocycles. The number of benzene rings is 1. The first-order valence-electron chi connectivity index (χ1n) is 7.31. The SMILES string of the molecule is Cc1nc(C(F)(F)F)ccc1-c1ccc(C(=O)NC2CC2)cc1. The summed E-state index contributed by atoms with van der Waals surface area (Å²) >= 11 is 0. The maximum Gasteiger partial charge on any atom is 0.433 e. The number of nitrogens with zero attached hydrogens (tertiary/aromatic N) is 1. The summed E-state index contributed by atoms with van der Waals surface area (Å²) in [6.45, 7) is 1.54. The van der Waals surface area contributed by atoms with Crippen molar-refractivity contribution in [2.24, 2.45) is 0 Å². The minimum Gasteiger partial charge on any atom is -0.349 e. The molecule has 1 saturated carbocycles. The van der Waals surface area contributed by atoms with Crippen LogP contribution in [0.25, 0.3) is 11.1 Å². The van der Waals surface area contributed by atoms with Crippen LogP contribution in [-0.4, -0.2) is 16.9 Å². The smallest absolute Gasteiger partial charge is 0.349 e. The predicted molar refractivity (Wildman–Crippen MR) is 79.9 cm³/mol. The van der Waals surface area contributed by atoms with Crippen LogP contribution in [0.3, 0.4) is 0 Å².